The van der Waals surface area contributed by atoms with Crippen LogP contribution >= 0.6 is 0 Å². The lowest BCUT2D eigenvalue weighted by molar-refractivity contribution is -0.127. The van der Waals surface area contributed by atoms with E-state index in [9.17, 15) is 4.79 Å². The molecular formula is C22H21N5O3. The van der Waals surface area contributed by atoms with Crippen molar-refractivity contribution in [2.75, 3.05) is 31.7 Å². The fourth-order valence-corrected chi connectivity index (χ4v) is 3.71. The standard InChI is InChI=1S/C22H21N5O3/c28-20-4-2-9-27(20)10-8-24-22-25-13-17(21(26-22)16-3-1-7-23-12-16)15-5-6-18-19(11-15)30-14-29-18/h1,3,5-7,11-13H,2,4,8-10,14H2,(H,24,25,26). The van der Waals surface area contributed by atoms with Gasteiger partial charge in [0.2, 0.25) is 18.6 Å². The maximum Gasteiger partial charge on any atom is 0.231 e. The highest BCUT2D eigenvalue weighted by Gasteiger charge is 2.20. The van der Waals surface area contributed by atoms with Gasteiger partial charge in [-0.25, -0.2) is 9.97 Å². The quantitative estimate of drug-likeness (QED) is 0.677. The Morgan fingerprint density at radius 2 is 2.03 bits per heavy atom. The third-order valence-corrected chi connectivity index (χ3v) is 5.24. The highest BCUT2D eigenvalue weighted by atomic mass is 16.7. The van der Waals surface area contributed by atoms with E-state index in [1.165, 1.54) is 0 Å². The van der Waals surface area contributed by atoms with Crippen molar-refractivity contribution in [1.82, 2.24) is 19.9 Å². The van der Waals surface area contributed by atoms with Gasteiger partial charge in [-0.15, -0.1) is 0 Å². The van der Waals surface area contributed by atoms with Gasteiger partial charge < -0.3 is 19.7 Å². The number of nitrogens with zero attached hydrogens (tertiary/aromatic N) is 4. The molecule has 0 radical (unpaired) electrons. The first-order valence-electron chi connectivity index (χ1n) is 9.97. The molecule has 0 aliphatic carbocycles. The van der Waals surface area contributed by atoms with E-state index < -0.39 is 0 Å². The molecule has 8 heteroatoms. The van der Waals surface area contributed by atoms with Crippen LogP contribution in [0.15, 0.2) is 48.9 Å². The summed E-state index contributed by atoms with van der Waals surface area (Å²) >= 11 is 0. The van der Waals surface area contributed by atoms with Crippen molar-refractivity contribution in [1.29, 1.82) is 0 Å². The second-order valence-corrected chi connectivity index (χ2v) is 7.18. The van der Waals surface area contributed by atoms with Gasteiger partial charge in [0.15, 0.2) is 11.5 Å². The van der Waals surface area contributed by atoms with Gasteiger partial charge in [-0.05, 0) is 36.2 Å². The van der Waals surface area contributed by atoms with Gasteiger partial charge in [-0.1, -0.05) is 6.07 Å². The van der Waals surface area contributed by atoms with E-state index in [2.05, 4.69) is 15.3 Å². The smallest absolute Gasteiger partial charge is 0.231 e. The van der Waals surface area contributed by atoms with E-state index in [0.717, 1.165) is 41.1 Å². The molecule has 1 saturated heterocycles. The van der Waals surface area contributed by atoms with Crippen LogP contribution in [0.1, 0.15) is 12.8 Å². The number of ether oxygens (including phenoxy) is 2. The van der Waals surface area contributed by atoms with Gasteiger partial charge in [0, 0.05) is 55.8 Å². The van der Waals surface area contributed by atoms with E-state index in [0.29, 0.717) is 31.2 Å². The van der Waals surface area contributed by atoms with Gasteiger partial charge in [0.05, 0.1) is 5.69 Å². The minimum absolute atomic E-state index is 0.215. The van der Waals surface area contributed by atoms with E-state index in [1.807, 2.05) is 35.2 Å². The first kappa shape index (κ1) is 18.4. The average Bonchev–Trinajstić information content (AvgIpc) is 3.42. The average molecular weight is 403 g/mol. The number of anilines is 1. The summed E-state index contributed by atoms with van der Waals surface area (Å²) < 4.78 is 10.9. The summed E-state index contributed by atoms with van der Waals surface area (Å²) in [5.41, 5.74) is 3.48. The number of carbonyl (C=O) groups is 1. The number of rotatable bonds is 6. The van der Waals surface area contributed by atoms with Crippen molar-refractivity contribution < 1.29 is 14.3 Å². The van der Waals surface area contributed by atoms with Crippen LogP contribution in [0.3, 0.4) is 0 Å². The van der Waals surface area contributed by atoms with Crippen molar-refractivity contribution in [3.8, 4) is 33.9 Å². The Labute approximate surface area is 173 Å². The molecule has 2 aliphatic heterocycles. The molecule has 1 N–H and O–H groups in total. The number of likely N-dealkylation sites (tertiary alicyclic amines) is 1. The Morgan fingerprint density at radius 1 is 1.10 bits per heavy atom. The molecule has 1 amide bonds. The maximum absolute atomic E-state index is 11.8. The molecule has 0 spiro atoms. The minimum Gasteiger partial charge on any atom is -0.454 e. The molecule has 30 heavy (non-hydrogen) atoms. The van der Waals surface area contributed by atoms with Crippen LogP contribution in [0.5, 0.6) is 11.5 Å². The van der Waals surface area contributed by atoms with E-state index >= 15 is 0 Å². The predicted octanol–water partition coefficient (Wildman–Crippen LogP) is 2.97. The number of nitrogens with one attached hydrogen (secondary N) is 1. The third-order valence-electron chi connectivity index (χ3n) is 5.24. The van der Waals surface area contributed by atoms with Crippen LogP contribution in [-0.2, 0) is 4.79 Å². The molecule has 1 fully saturated rings. The summed E-state index contributed by atoms with van der Waals surface area (Å²) in [5, 5.41) is 3.24. The van der Waals surface area contributed by atoms with Gasteiger partial charge >= 0.3 is 0 Å². The van der Waals surface area contributed by atoms with Crippen molar-refractivity contribution in [2.24, 2.45) is 0 Å². The van der Waals surface area contributed by atoms with Crippen LogP contribution in [0, 0.1) is 0 Å². The molecule has 152 valence electrons. The molecule has 8 nitrogen and oxygen atoms in total. The number of aromatic nitrogens is 3. The summed E-state index contributed by atoms with van der Waals surface area (Å²) in [5.74, 6) is 2.18. The van der Waals surface area contributed by atoms with E-state index in [1.54, 1.807) is 18.6 Å². The fourth-order valence-electron chi connectivity index (χ4n) is 3.71. The molecule has 0 unspecified atom stereocenters. The Morgan fingerprint density at radius 3 is 2.87 bits per heavy atom. The summed E-state index contributed by atoms with van der Waals surface area (Å²) in [6.07, 6.45) is 6.90. The summed E-state index contributed by atoms with van der Waals surface area (Å²) in [4.78, 5) is 27.1. The first-order valence-corrected chi connectivity index (χ1v) is 9.97. The van der Waals surface area contributed by atoms with Crippen LogP contribution < -0.4 is 14.8 Å². The molecule has 0 saturated carbocycles. The number of hydrogen-bond donors (Lipinski definition) is 1. The SMILES string of the molecule is O=C1CCCN1CCNc1ncc(-c2ccc3c(c2)OCO3)c(-c2cccnc2)n1. The Bertz CT molecular complexity index is 1070. The zero-order chi connectivity index (χ0) is 20.3. The minimum atomic E-state index is 0.215. The van der Waals surface area contributed by atoms with Gasteiger partial charge in [-0.3, -0.25) is 9.78 Å². The van der Waals surface area contributed by atoms with Crippen molar-refractivity contribution in [2.45, 2.75) is 12.8 Å². The Balaban J connectivity index is 1.43. The highest BCUT2D eigenvalue weighted by Crippen LogP contribution is 2.38. The van der Waals surface area contributed by atoms with Crippen LogP contribution in [0.25, 0.3) is 22.4 Å². The Hall–Kier alpha value is -3.68. The summed E-state index contributed by atoms with van der Waals surface area (Å²) in [6, 6.07) is 9.65. The second kappa shape index (κ2) is 7.98. The zero-order valence-electron chi connectivity index (χ0n) is 16.4. The number of fused-ring (bicyclic) bond motifs is 1. The molecule has 2 aliphatic rings. The molecule has 0 bridgehead atoms. The molecule has 0 atom stereocenters. The predicted molar refractivity (Wildman–Crippen MR) is 111 cm³/mol. The van der Waals surface area contributed by atoms with E-state index in [-0.39, 0.29) is 12.7 Å². The lowest BCUT2D eigenvalue weighted by atomic mass is 10.0. The molecule has 4 heterocycles. The van der Waals surface area contributed by atoms with Gasteiger partial charge in [-0.2, -0.15) is 0 Å². The van der Waals surface area contributed by atoms with Crippen LogP contribution in [0.4, 0.5) is 5.95 Å². The maximum atomic E-state index is 11.8. The summed E-state index contributed by atoms with van der Waals surface area (Å²) in [7, 11) is 0. The molecule has 3 aromatic rings. The number of hydrogen-bond acceptors (Lipinski definition) is 7. The van der Waals surface area contributed by atoms with Crippen molar-refractivity contribution in [3.05, 3.63) is 48.9 Å². The first-order chi connectivity index (χ1) is 14.8. The third kappa shape index (κ3) is 3.63. The van der Waals surface area contributed by atoms with Crippen LogP contribution in [-0.4, -0.2) is 52.2 Å². The summed E-state index contributed by atoms with van der Waals surface area (Å²) in [6.45, 7) is 2.30. The molecule has 1 aromatic carbocycles. The monoisotopic (exact) mass is 403 g/mol. The number of amides is 1. The van der Waals surface area contributed by atoms with Crippen molar-refractivity contribution >= 4 is 11.9 Å². The van der Waals surface area contributed by atoms with E-state index in [4.69, 9.17) is 14.5 Å². The molecule has 5 rings (SSSR count). The largest absolute Gasteiger partial charge is 0.454 e. The lowest BCUT2D eigenvalue weighted by Crippen LogP contribution is -2.30. The van der Waals surface area contributed by atoms with Crippen LogP contribution in [0.2, 0.25) is 0 Å². The fraction of sp³-hybridized carbons (Fsp3) is 0.273. The lowest BCUT2D eigenvalue weighted by Gasteiger charge is -2.16. The molecular weight excluding hydrogens is 382 g/mol. The zero-order valence-corrected chi connectivity index (χ0v) is 16.4. The highest BCUT2D eigenvalue weighted by molar-refractivity contribution is 5.81. The van der Waals surface area contributed by atoms with Crippen molar-refractivity contribution in [3.63, 3.8) is 0 Å². The Kier molecular flexibility index (Phi) is 4.88. The van der Waals surface area contributed by atoms with Gasteiger partial charge in [0.25, 0.3) is 0 Å². The number of carbonyl (C=O) groups excluding carboxylic acids is 1. The number of pyridine rings is 1. The normalized spacial score (nSPS) is 14.9. The number of benzene rings is 1. The topological polar surface area (TPSA) is 89.5 Å². The van der Waals surface area contributed by atoms with Gasteiger partial charge in [0.1, 0.15) is 0 Å². The molecule has 2 aromatic heterocycles. The second-order valence-electron chi connectivity index (χ2n) is 7.18.